The number of aryl methyl sites for hydroxylation is 1. The molecule has 2 aromatic rings. The lowest BCUT2D eigenvalue weighted by Gasteiger charge is -2.20. The molecule has 0 bridgehead atoms. The number of ether oxygens (including phenoxy) is 2. The molecule has 2 N–H and O–H groups in total. The van der Waals surface area contributed by atoms with Crippen LogP contribution in [0, 0.1) is 6.92 Å². The lowest BCUT2D eigenvalue weighted by Crippen LogP contribution is -2.31. The van der Waals surface area contributed by atoms with Gasteiger partial charge in [-0.15, -0.1) is 0 Å². The Morgan fingerprint density at radius 2 is 1.44 bits per heavy atom. The molecule has 0 unspecified atom stereocenters. The molecule has 0 aliphatic carbocycles. The van der Waals surface area contributed by atoms with Crippen LogP contribution in [0.5, 0.6) is 0 Å². The molecular weight excluding hydrogens is 462 g/mol. The molecule has 11 heteroatoms. The van der Waals surface area contributed by atoms with Crippen molar-refractivity contribution in [3.8, 4) is 0 Å². The van der Waals surface area contributed by atoms with Gasteiger partial charge in [0.25, 0.3) is 0 Å². The van der Waals surface area contributed by atoms with Gasteiger partial charge in [-0.05, 0) is 42.8 Å². The second kappa shape index (κ2) is 11.6. The molecule has 1 amide bonds. The number of hydrogen-bond donors (Lipinski definition) is 2. The number of methoxy groups -OCH3 is 2. The van der Waals surface area contributed by atoms with Crippen LogP contribution < -0.4 is 10.6 Å². The Morgan fingerprint density at radius 3 is 1.94 bits per heavy atom. The van der Waals surface area contributed by atoms with E-state index >= 15 is 0 Å². The minimum atomic E-state index is -3.70. The highest BCUT2D eigenvalue weighted by molar-refractivity contribution is 7.89. The van der Waals surface area contributed by atoms with Gasteiger partial charge in [-0.1, -0.05) is 19.9 Å². The first-order chi connectivity index (χ1) is 16.1. The van der Waals surface area contributed by atoms with Crippen LogP contribution >= 0.6 is 0 Å². The fourth-order valence-electron chi connectivity index (χ4n) is 3.25. The number of sulfonamides is 1. The molecule has 0 saturated heterocycles. The van der Waals surface area contributed by atoms with Gasteiger partial charge in [0.1, 0.15) is 0 Å². The third kappa shape index (κ3) is 6.33. The molecule has 0 aliphatic heterocycles. The van der Waals surface area contributed by atoms with Crippen LogP contribution in [0.15, 0.2) is 41.3 Å². The molecule has 0 aromatic heterocycles. The topological polar surface area (TPSA) is 131 Å². The number of hydrogen-bond acceptors (Lipinski definition) is 8. The van der Waals surface area contributed by atoms with Crippen molar-refractivity contribution in [3.05, 3.63) is 53.1 Å². The number of carbonyl (C=O) groups excluding carboxylic acids is 3. The molecule has 0 aliphatic rings. The number of nitrogens with one attached hydrogen (secondary N) is 2. The fourth-order valence-corrected chi connectivity index (χ4v) is 4.96. The zero-order valence-corrected chi connectivity index (χ0v) is 20.6. The minimum Gasteiger partial charge on any atom is -0.465 e. The van der Waals surface area contributed by atoms with E-state index in [-0.39, 0.29) is 22.6 Å². The Morgan fingerprint density at radius 1 is 0.882 bits per heavy atom. The van der Waals surface area contributed by atoms with E-state index < -0.39 is 27.9 Å². The molecule has 2 rings (SSSR count). The first kappa shape index (κ1) is 26.8. The van der Waals surface area contributed by atoms with Gasteiger partial charge in [0.2, 0.25) is 15.9 Å². The summed E-state index contributed by atoms with van der Waals surface area (Å²) in [5, 5.41) is 5.50. The second-order valence-corrected chi connectivity index (χ2v) is 9.16. The summed E-state index contributed by atoms with van der Waals surface area (Å²) in [6.07, 6.45) is 0. The highest BCUT2D eigenvalue weighted by Crippen LogP contribution is 2.24. The summed E-state index contributed by atoms with van der Waals surface area (Å²) >= 11 is 0. The molecular formula is C23H29N3O7S. The van der Waals surface area contributed by atoms with Gasteiger partial charge < -0.3 is 20.1 Å². The summed E-state index contributed by atoms with van der Waals surface area (Å²) in [6, 6.07) is 8.86. The lowest BCUT2D eigenvalue weighted by atomic mass is 10.1. The van der Waals surface area contributed by atoms with Crippen LogP contribution in [0.2, 0.25) is 0 Å². The number of esters is 2. The van der Waals surface area contributed by atoms with Crippen LogP contribution in [-0.4, -0.2) is 64.4 Å². The van der Waals surface area contributed by atoms with Gasteiger partial charge in [-0.2, -0.15) is 4.31 Å². The number of anilines is 2. The Balaban J connectivity index is 2.20. The molecule has 184 valence electrons. The van der Waals surface area contributed by atoms with Gasteiger partial charge in [-0.3, -0.25) is 4.79 Å². The largest absolute Gasteiger partial charge is 0.465 e. The number of amides is 1. The van der Waals surface area contributed by atoms with Gasteiger partial charge in [0.15, 0.2) is 0 Å². The van der Waals surface area contributed by atoms with Crippen LogP contribution in [0.1, 0.15) is 40.1 Å². The van der Waals surface area contributed by atoms with Crippen LogP contribution in [-0.2, 0) is 24.3 Å². The molecule has 10 nitrogen and oxygen atoms in total. The maximum Gasteiger partial charge on any atom is 0.337 e. The summed E-state index contributed by atoms with van der Waals surface area (Å²) in [6.45, 7) is 5.66. The Labute approximate surface area is 199 Å². The van der Waals surface area contributed by atoms with Gasteiger partial charge in [0.05, 0.1) is 36.8 Å². The van der Waals surface area contributed by atoms with E-state index in [1.54, 1.807) is 32.9 Å². The van der Waals surface area contributed by atoms with Gasteiger partial charge in [-0.25, -0.2) is 18.0 Å². The molecule has 0 fully saturated rings. The van der Waals surface area contributed by atoms with Crippen molar-refractivity contribution in [2.24, 2.45) is 0 Å². The van der Waals surface area contributed by atoms with E-state index in [2.05, 4.69) is 10.6 Å². The smallest absolute Gasteiger partial charge is 0.337 e. The van der Waals surface area contributed by atoms with E-state index in [9.17, 15) is 22.8 Å². The number of nitrogens with zero attached hydrogens (tertiary/aromatic N) is 1. The van der Waals surface area contributed by atoms with E-state index in [0.717, 1.165) is 0 Å². The van der Waals surface area contributed by atoms with Crippen molar-refractivity contribution in [3.63, 3.8) is 0 Å². The average molecular weight is 492 g/mol. The van der Waals surface area contributed by atoms with Crippen molar-refractivity contribution >= 4 is 39.2 Å². The normalized spacial score (nSPS) is 11.1. The molecule has 0 radical (unpaired) electrons. The first-order valence-corrected chi connectivity index (χ1v) is 12.0. The average Bonchev–Trinajstić information content (AvgIpc) is 2.83. The maximum absolute atomic E-state index is 12.9. The zero-order valence-electron chi connectivity index (χ0n) is 19.8. The SMILES string of the molecule is CCN(CC)S(=O)(=O)c1cc(NC(=O)CNc2cc(C(=O)OC)cc(C(=O)OC)c2)ccc1C. The minimum absolute atomic E-state index is 0.109. The lowest BCUT2D eigenvalue weighted by molar-refractivity contribution is -0.114. The van der Waals surface area contributed by atoms with E-state index in [1.165, 1.54) is 42.8 Å². The number of benzene rings is 2. The molecule has 34 heavy (non-hydrogen) atoms. The van der Waals surface area contributed by atoms with E-state index in [0.29, 0.717) is 30.0 Å². The number of rotatable bonds is 10. The Kier molecular flexibility index (Phi) is 9.16. The Hall–Kier alpha value is -3.44. The van der Waals surface area contributed by atoms with Crippen molar-refractivity contribution in [1.29, 1.82) is 0 Å². The highest BCUT2D eigenvalue weighted by atomic mass is 32.2. The van der Waals surface area contributed by atoms with Crippen molar-refractivity contribution < 1.29 is 32.3 Å². The second-order valence-electron chi connectivity index (χ2n) is 7.25. The van der Waals surface area contributed by atoms with E-state index in [1.807, 2.05) is 0 Å². The fraction of sp³-hybridized carbons (Fsp3) is 0.348. The predicted molar refractivity (Wildman–Crippen MR) is 128 cm³/mol. The monoisotopic (exact) mass is 491 g/mol. The molecule has 0 atom stereocenters. The predicted octanol–water partition coefficient (Wildman–Crippen LogP) is 2.65. The Bertz CT molecular complexity index is 1140. The summed E-state index contributed by atoms with van der Waals surface area (Å²) in [7, 11) is -1.27. The molecule has 2 aromatic carbocycles. The first-order valence-electron chi connectivity index (χ1n) is 10.5. The number of carbonyl (C=O) groups is 3. The summed E-state index contributed by atoms with van der Waals surface area (Å²) in [5.41, 5.74) is 1.43. The molecule has 0 heterocycles. The van der Waals surface area contributed by atoms with Crippen LogP contribution in [0.4, 0.5) is 11.4 Å². The summed E-state index contributed by atoms with van der Waals surface area (Å²) in [5.74, 6) is -1.77. The third-order valence-corrected chi connectivity index (χ3v) is 7.22. The third-order valence-electron chi connectivity index (χ3n) is 5.02. The van der Waals surface area contributed by atoms with Crippen molar-refractivity contribution in [2.75, 3.05) is 44.5 Å². The standard InChI is InChI=1S/C23H29N3O7S/c1-6-26(7-2)34(30,31)20-13-18(9-8-15(20)3)25-21(27)14-24-19-11-16(22(28)32-4)10-17(12-19)23(29)33-5/h8-13,24H,6-7,14H2,1-5H3,(H,25,27). The van der Waals surface area contributed by atoms with Crippen LogP contribution in [0.3, 0.4) is 0 Å². The van der Waals surface area contributed by atoms with E-state index in [4.69, 9.17) is 9.47 Å². The van der Waals surface area contributed by atoms with Gasteiger partial charge >= 0.3 is 11.9 Å². The van der Waals surface area contributed by atoms with Crippen molar-refractivity contribution in [1.82, 2.24) is 4.31 Å². The maximum atomic E-state index is 12.9. The molecule has 0 spiro atoms. The molecule has 0 saturated carbocycles. The quantitative estimate of drug-likeness (QED) is 0.485. The van der Waals surface area contributed by atoms with Gasteiger partial charge in [0, 0.05) is 24.5 Å². The zero-order chi connectivity index (χ0) is 25.5. The highest BCUT2D eigenvalue weighted by Gasteiger charge is 2.24. The summed E-state index contributed by atoms with van der Waals surface area (Å²) < 4.78 is 36.6. The van der Waals surface area contributed by atoms with Crippen molar-refractivity contribution in [2.45, 2.75) is 25.7 Å². The van der Waals surface area contributed by atoms with Crippen LogP contribution in [0.25, 0.3) is 0 Å². The summed E-state index contributed by atoms with van der Waals surface area (Å²) in [4.78, 5) is 36.4.